The Hall–Kier alpha value is -2.86. The molecule has 142 valence electrons. The number of aromatic nitrogens is 1. The normalized spacial score (nSPS) is 11.6. The summed E-state index contributed by atoms with van der Waals surface area (Å²) in [6, 6.07) is 10.5. The molecule has 2 N–H and O–H groups in total. The largest absolute Gasteiger partial charge is 0.494 e. The Balaban J connectivity index is 1.91. The van der Waals surface area contributed by atoms with Crippen molar-refractivity contribution in [3.8, 4) is 5.88 Å². The van der Waals surface area contributed by atoms with E-state index in [1.54, 1.807) is 19.2 Å². The van der Waals surface area contributed by atoms with Crippen molar-refractivity contribution in [3.05, 3.63) is 53.3 Å². The van der Waals surface area contributed by atoms with Gasteiger partial charge in [-0.15, -0.1) is 0 Å². The topological polar surface area (TPSA) is 60.9 Å². The lowest BCUT2D eigenvalue weighted by atomic mass is 10.1. The molecule has 3 rings (SSSR count). The molecule has 2 aromatic carbocycles. The summed E-state index contributed by atoms with van der Waals surface area (Å²) in [4.78, 5) is 9.37. The van der Waals surface area contributed by atoms with Gasteiger partial charge in [-0.1, -0.05) is 13.0 Å². The highest BCUT2D eigenvalue weighted by atomic mass is 19.1. The van der Waals surface area contributed by atoms with Gasteiger partial charge in [-0.2, -0.15) is 0 Å². The summed E-state index contributed by atoms with van der Waals surface area (Å²) in [6.45, 7) is 5.58. The van der Waals surface area contributed by atoms with Gasteiger partial charge in [-0.05, 0) is 49.2 Å². The molecule has 0 aliphatic rings. The second-order valence-electron chi connectivity index (χ2n) is 6.46. The predicted octanol–water partition coefficient (Wildman–Crippen LogP) is 4.89. The Morgan fingerprint density at radius 3 is 2.81 bits per heavy atom. The van der Waals surface area contributed by atoms with Gasteiger partial charge >= 0.3 is 0 Å². The first kappa shape index (κ1) is 18.9. The summed E-state index contributed by atoms with van der Waals surface area (Å²) in [7, 11) is 1.68. The van der Waals surface area contributed by atoms with Crippen LogP contribution in [0, 0.1) is 12.7 Å². The Morgan fingerprint density at radius 2 is 2.11 bits per heavy atom. The fraction of sp³-hybridized carbons (Fsp3) is 0.286. The van der Waals surface area contributed by atoms with Crippen molar-refractivity contribution in [2.75, 3.05) is 25.3 Å². The molecule has 0 fully saturated rings. The molecule has 0 saturated heterocycles. The highest BCUT2D eigenvalue weighted by Gasteiger charge is 2.13. The third-order valence-electron chi connectivity index (χ3n) is 4.43. The van der Waals surface area contributed by atoms with E-state index in [9.17, 15) is 9.50 Å². The van der Waals surface area contributed by atoms with E-state index in [2.05, 4.69) is 21.8 Å². The van der Waals surface area contributed by atoms with Crippen LogP contribution in [0.2, 0.25) is 0 Å². The molecule has 0 bridgehead atoms. The van der Waals surface area contributed by atoms with E-state index in [1.165, 1.54) is 12.3 Å². The summed E-state index contributed by atoms with van der Waals surface area (Å²) < 4.78 is 19.4. The number of nitrogens with zero attached hydrogens (tertiary/aromatic N) is 2. The van der Waals surface area contributed by atoms with E-state index in [0.717, 1.165) is 29.9 Å². The number of ether oxygens (including phenoxy) is 1. The van der Waals surface area contributed by atoms with Crippen LogP contribution in [0.4, 0.5) is 15.8 Å². The molecule has 0 saturated carbocycles. The van der Waals surface area contributed by atoms with Crippen LogP contribution in [-0.4, -0.2) is 36.7 Å². The molecule has 0 spiro atoms. The third-order valence-corrected chi connectivity index (χ3v) is 4.43. The average molecular weight is 369 g/mol. The van der Waals surface area contributed by atoms with E-state index < -0.39 is 5.82 Å². The number of hydrogen-bond acceptors (Lipinski definition) is 4. The second-order valence-corrected chi connectivity index (χ2v) is 6.46. The van der Waals surface area contributed by atoms with Gasteiger partial charge in [0.15, 0.2) is 5.88 Å². The SMILES string of the molecule is CCCN(COC)c1ccc(N=Cc2c(O)[nH]c3cccc(F)c23)cc1C. The standard InChI is InChI=1S/C21H24FN3O2/c1-4-10-25(13-27-3)19-9-8-15(11-14(19)2)23-12-16-20-17(22)6-5-7-18(20)24-21(16)26/h5-9,11-12,24,26H,4,10,13H2,1-3H3. The van der Waals surface area contributed by atoms with E-state index in [4.69, 9.17) is 4.74 Å². The first-order valence-corrected chi connectivity index (χ1v) is 8.93. The second kappa shape index (κ2) is 8.22. The van der Waals surface area contributed by atoms with Gasteiger partial charge in [0.2, 0.25) is 0 Å². The number of aromatic amines is 1. The van der Waals surface area contributed by atoms with Crippen molar-refractivity contribution in [2.45, 2.75) is 20.3 Å². The number of rotatable bonds is 7. The molecule has 0 radical (unpaired) electrons. The molecule has 0 amide bonds. The number of fused-ring (bicyclic) bond motifs is 1. The molecule has 0 aliphatic heterocycles. The maximum atomic E-state index is 14.1. The average Bonchev–Trinajstić information content (AvgIpc) is 2.96. The number of anilines is 1. The van der Waals surface area contributed by atoms with Crippen LogP contribution in [0.25, 0.3) is 10.9 Å². The van der Waals surface area contributed by atoms with Crippen LogP contribution in [0.1, 0.15) is 24.5 Å². The van der Waals surface area contributed by atoms with Crippen LogP contribution >= 0.6 is 0 Å². The molecule has 27 heavy (non-hydrogen) atoms. The minimum Gasteiger partial charge on any atom is -0.494 e. The van der Waals surface area contributed by atoms with Gasteiger partial charge in [-0.3, -0.25) is 4.99 Å². The zero-order valence-electron chi connectivity index (χ0n) is 15.8. The van der Waals surface area contributed by atoms with Gasteiger partial charge in [0.1, 0.15) is 12.5 Å². The minimum atomic E-state index is -0.396. The Kier molecular flexibility index (Phi) is 5.76. The van der Waals surface area contributed by atoms with Gasteiger partial charge in [-0.25, -0.2) is 4.39 Å². The maximum absolute atomic E-state index is 14.1. The van der Waals surface area contributed by atoms with E-state index >= 15 is 0 Å². The lowest BCUT2D eigenvalue weighted by molar-refractivity contribution is 0.197. The molecular formula is C21H24FN3O2. The number of aliphatic imine (C=N–C) groups is 1. The van der Waals surface area contributed by atoms with Gasteiger partial charge in [0.25, 0.3) is 0 Å². The van der Waals surface area contributed by atoms with E-state index in [-0.39, 0.29) is 5.88 Å². The third kappa shape index (κ3) is 3.95. The number of methoxy groups -OCH3 is 1. The van der Waals surface area contributed by atoms with Crippen LogP contribution in [0.15, 0.2) is 41.4 Å². The first-order chi connectivity index (χ1) is 13.0. The molecule has 5 nitrogen and oxygen atoms in total. The molecule has 1 heterocycles. The number of H-pyrrole nitrogens is 1. The number of aryl methyl sites for hydroxylation is 1. The molecule has 0 atom stereocenters. The lowest BCUT2D eigenvalue weighted by Gasteiger charge is -2.25. The first-order valence-electron chi connectivity index (χ1n) is 8.93. The lowest BCUT2D eigenvalue weighted by Crippen LogP contribution is -2.26. The van der Waals surface area contributed by atoms with E-state index in [1.807, 2.05) is 25.1 Å². The monoisotopic (exact) mass is 369 g/mol. The number of benzene rings is 2. The predicted molar refractivity (Wildman–Crippen MR) is 108 cm³/mol. The smallest absolute Gasteiger partial charge is 0.198 e. The van der Waals surface area contributed by atoms with Crippen LogP contribution in [0.5, 0.6) is 5.88 Å². The summed E-state index contributed by atoms with van der Waals surface area (Å²) in [5, 5.41) is 10.4. The van der Waals surface area contributed by atoms with Crippen molar-refractivity contribution in [2.24, 2.45) is 4.99 Å². The highest BCUT2D eigenvalue weighted by Crippen LogP contribution is 2.29. The molecular weight excluding hydrogens is 345 g/mol. The van der Waals surface area contributed by atoms with Gasteiger partial charge < -0.3 is 19.7 Å². The summed E-state index contributed by atoms with van der Waals surface area (Å²) >= 11 is 0. The summed E-state index contributed by atoms with van der Waals surface area (Å²) in [6.07, 6.45) is 2.51. The number of hydrogen-bond donors (Lipinski definition) is 2. The van der Waals surface area contributed by atoms with Crippen molar-refractivity contribution in [1.82, 2.24) is 4.98 Å². The molecule has 6 heteroatoms. The molecule has 1 aromatic heterocycles. The summed E-state index contributed by atoms with van der Waals surface area (Å²) in [5.41, 5.74) is 3.78. The summed E-state index contributed by atoms with van der Waals surface area (Å²) in [5.74, 6) is -0.492. The van der Waals surface area contributed by atoms with Crippen LogP contribution in [-0.2, 0) is 4.74 Å². The van der Waals surface area contributed by atoms with Gasteiger partial charge in [0, 0.05) is 30.9 Å². The van der Waals surface area contributed by atoms with Crippen molar-refractivity contribution in [1.29, 1.82) is 0 Å². The fourth-order valence-electron chi connectivity index (χ4n) is 3.24. The van der Waals surface area contributed by atoms with Crippen LogP contribution < -0.4 is 4.90 Å². The number of halogens is 1. The zero-order chi connectivity index (χ0) is 19.4. The fourth-order valence-corrected chi connectivity index (χ4v) is 3.24. The van der Waals surface area contributed by atoms with E-state index in [0.29, 0.717) is 23.2 Å². The van der Waals surface area contributed by atoms with Crippen molar-refractivity contribution < 1.29 is 14.2 Å². The number of nitrogens with one attached hydrogen (secondary N) is 1. The molecule has 0 aliphatic carbocycles. The molecule has 0 unspecified atom stereocenters. The molecule has 3 aromatic rings. The van der Waals surface area contributed by atoms with Crippen molar-refractivity contribution in [3.63, 3.8) is 0 Å². The quantitative estimate of drug-likeness (QED) is 0.460. The van der Waals surface area contributed by atoms with Crippen molar-refractivity contribution >= 4 is 28.5 Å². The highest BCUT2D eigenvalue weighted by molar-refractivity contribution is 6.02. The van der Waals surface area contributed by atoms with Gasteiger partial charge in [0.05, 0.1) is 16.8 Å². The number of aromatic hydroxyl groups is 1. The maximum Gasteiger partial charge on any atom is 0.198 e. The zero-order valence-corrected chi connectivity index (χ0v) is 15.8. The Labute approximate surface area is 158 Å². The Morgan fingerprint density at radius 1 is 1.30 bits per heavy atom. The Bertz CT molecular complexity index is 959. The van der Waals surface area contributed by atoms with Crippen LogP contribution in [0.3, 0.4) is 0 Å². The minimum absolute atomic E-state index is 0.0959.